The minimum absolute atomic E-state index is 0.0254. The standard InChI is InChI=1S/C15H30BN5O8S/c1-9(17)13(22)19-11-6-29-7-12(11)20-30(27,28)21-5-10(3-2-4-16(25)26)15(18,8-21)14(23)24/h9-12,20,25-26H,2-8,17-18H2,1H3,(H,19,22)(H,23,24)/t9-,10-,11+,12+,15-/m0/s1. The third kappa shape index (κ3) is 5.88. The van der Waals surface area contributed by atoms with E-state index in [4.69, 9.17) is 26.3 Å². The largest absolute Gasteiger partial charge is 0.480 e. The highest BCUT2D eigenvalue weighted by atomic mass is 32.2. The molecule has 2 aliphatic rings. The Kier molecular flexibility index (Phi) is 8.20. The van der Waals surface area contributed by atoms with Crippen molar-refractivity contribution in [3.8, 4) is 0 Å². The summed E-state index contributed by atoms with van der Waals surface area (Å²) in [5.41, 5.74) is 9.75. The molecule has 0 aromatic heterocycles. The van der Waals surface area contributed by atoms with E-state index in [0.717, 1.165) is 4.31 Å². The zero-order chi connectivity index (χ0) is 22.7. The first-order valence-electron chi connectivity index (χ1n) is 9.66. The van der Waals surface area contributed by atoms with Crippen LogP contribution >= 0.6 is 0 Å². The molecule has 2 aliphatic heterocycles. The van der Waals surface area contributed by atoms with Gasteiger partial charge < -0.3 is 36.7 Å². The van der Waals surface area contributed by atoms with Gasteiger partial charge in [-0.2, -0.15) is 17.4 Å². The molecule has 0 spiro atoms. The van der Waals surface area contributed by atoms with Crippen LogP contribution in [-0.4, -0.2) is 96.8 Å². The lowest BCUT2D eigenvalue weighted by molar-refractivity contribution is -0.144. The predicted octanol–water partition coefficient (Wildman–Crippen LogP) is -3.98. The fraction of sp³-hybridized carbons (Fsp3) is 0.867. The number of ether oxygens (including phenoxy) is 1. The van der Waals surface area contributed by atoms with Crippen molar-refractivity contribution >= 4 is 29.2 Å². The van der Waals surface area contributed by atoms with Crippen LogP contribution in [0.15, 0.2) is 0 Å². The van der Waals surface area contributed by atoms with Crippen LogP contribution in [0.4, 0.5) is 0 Å². The van der Waals surface area contributed by atoms with E-state index < -0.39 is 65.3 Å². The van der Waals surface area contributed by atoms with Gasteiger partial charge in [-0.25, -0.2) is 0 Å². The van der Waals surface area contributed by atoms with Crippen LogP contribution in [0.2, 0.25) is 6.32 Å². The molecule has 2 fully saturated rings. The summed E-state index contributed by atoms with van der Waals surface area (Å²) in [6, 6.07) is -2.14. The van der Waals surface area contributed by atoms with Crippen molar-refractivity contribution in [2.24, 2.45) is 17.4 Å². The van der Waals surface area contributed by atoms with E-state index in [0.29, 0.717) is 0 Å². The first-order chi connectivity index (χ1) is 13.9. The monoisotopic (exact) mass is 451 g/mol. The van der Waals surface area contributed by atoms with Crippen molar-refractivity contribution in [2.45, 2.75) is 49.8 Å². The summed E-state index contributed by atoms with van der Waals surface area (Å²) in [5, 5.41) is 30.1. The molecule has 30 heavy (non-hydrogen) atoms. The van der Waals surface area contributed by atoms with E-state index in [9.17, 15) is 23.1 Å². The molecular weight excluding hydrogens is 421 g/mol. The Morgan fingerprint density at radius 3 is 2.53 bits per heavy atom. The average molecular weight is 451 g/mol. The number of aliphatic carboxylic acids is 1. The third-order valence-corrected chi connectivity index (χ3v) is 7.02. The Morgan fingerprint density at radius 2 is 1.97 bits per heavy atom. The zero-order valence-electron chi connectivity index (χ0n) is 16.7. The second-order valence-corrected chi connectivity index (χ2v) is 9.62. The number of carbonyl (C=O) groups excluding carboxylic acids is 1. The molecule has 9 N–H and O–H groups in total. The quantitative estimate of drug-likeness (QED) is 0.160. The van der Waals surface area contributed by atoms with Crippen molar-refractivity contribution in [1.82, 2.24) is 14.3 Å². The molecule has 2 saturated heterocycles. The summed E-state index contributed by atoms with van der Waals surface area (Å²) in [4.78, 5) is 23.6. The third-order valence-electron chi connectivity index (χ3n) is 5.47. The number of hydrogen-bond donors (Lipinski definition) is 7. The molecule has 0 aliphatic carbocycles. The van der Waals surface area contributed by atoms with Gasteiger partial charge in [-0.1, -0.05) is 6.42 Å². The number of amides is 1. The Labute approximate surface area is 175 Å². The summed E-state index contributed by atoms with van der Waals surface area (Å²) in [5.74, 6) is -2.49. The number of nitrogens with zero attached hydrogens (tertiary/aromatic N) is 1. The zero-order valence-corrected chi connectivity index (χ0v) is 17.5. The van der Waals surface area contributed by atoms with Gasteiger partial charge in [-0.15, -0.1) is 0 Å². The maximum Gasteiger partial charge on any atom is 0.451 e. The van der Waals surface area contributed by atoms with Crippen LogP contribution in [-0.2, 0) is 24.5 Å². The van der Waals surface area contributed by atoms with Crippen molar-refractivity contribution < 1.29 is 37.9 Å². The van der Waals surface area contributed by atoms with Gasteiger partial charge in [-0.05, 0) is 19.7 Å². The molecule has 0 aromatic carbocycles. The first-order valence-corrected chi connectivity index (χ1v) is 11.1. The Balaban J connectivity index is 2.07. The Morgan fingerprint density at radius 1 is 1.33 bits per heavy atom. The topological polar surface area (TPSA) is 218 Å². The minimum Gasteiger partial charge on any atom is -0.480 e. The normalized spacial score (nSPS) is 30.9. The lowest BCUT2D eigenvalue weighted by atomic mass is 9.78. The molecule has 0 aromatic rings. The summed E-state index contributed by atoms with van der Waals surface area (Å²) in [6.45, 7) is 1.06. The van der Waals surface area contributed by atoms with Gasteiger partial charge in [0.15, 0.2) is 0 Å². The highest BCUT2D eigenvalue weighted by molar-refractivity contribution is 7.87. The Hall–Kier alpha value is -1.33. The Bertz CT molecular complexity index is 739. The number of rotatable bonds is 10. The van der Waals surface area contributed by atoms with Crippen molar-refractivity contribution in [1.29, 1.82) is 0 Å². The predicted molar refractivity (Wildman–Crippen MR) is 106 cm³/mol. The van der Waals surface area contributed by atoms with Gasteiger partial charge in [0.1, 0.15) is 5.54 Å². The highest BCUT2D eigenvalue weighted by Crippen LogP contribution is 2.32. The molecule has 0 unspecified atom stereocenters. The summed E-state index contributed by atoms with van der Waals surface area (Å²) >= 11 is 0. The molecule has 13 nitrogen and oxygen atoms in total. The lowest BCUT2D eigenvalue weighted by Gasteiger charge is -2.26. The molecule has 1 amide bonds. The molecule has 0 saturated carbocycles. The maximum absolute atomic E-state index is 12.9. The first kappa shape index (κ1) is 24.9. The smallest absolute Gasteiger partial charge is 0.451 e. The number of nitrogens with one attached hydrogen (secondary N) is 2. The van der Waals surface area contributed by atoms with Crippen molar-refractivity contribution in [3.05, 3.63) is 0 Å². The number of nitrogens with two attached hydrogens (primary N) is 2. The van der Waals surface area contributed by atoms with E-state index in [1.807, 2.05) is 0 Å². The summed E-state index contributed by atoms with van der Waals surface area (Å²) in [6.07, 6.45) is 0.515. The van der Waals surface area contributed by atoms with Gasteiger partial charge in [0, 0.05) is 19.0 Å². The maximum atomic E-state index is 12.9. The highest BCUT2D eigenvalue weighted by Gasteiger charge is 2.52. The molecule has 2 heterocycles. The molecule has 0 radical (unpaired) electrons. The van der Waals surface area contributed by atoms with E-state index in [1.54, 1.807) is 0 Å². The van der Waals surface area contributed by atoms with E-state index in [1.165, 1.54) is 6.92 Å². The van der Waals surface area contributed by atoms with Crippen LogP contribution < -0.4 is 21.5 Å². The molecule has 2 rings (SSSR count). The fourth-order valence-electron chi connectivity index (χ4n) is 3.61. The average Bonchev–Trinajstić information content (AvgIpc) is 3.20. The second-order valence-electron chi connectivity index (χ2n) is 7.92. The molecule has 15 heteroatoms. The van der Waals surface area contributed by atoms with E-state index in [2.05, 4.69) is 10.0 Å². The van der Waals surface area contributed by atoms with Gasteiger partial charge in [0.2, 0.25) is 5.91 Å². The van der Waals surface area contributed by atoms with Crippen LogP contribution in [0.5, 0.6) is 0 Å². The van der Waals surface area contributed by atoms with Crippen LogP contribution in [0, 0.1) is 5.92 Å². The van der Waals surface area contributed by atoms with Crippen LogP contribution in [0.3, 0.4) is 0 Å². The second kappa shape index (κ2) is 9.87. The fourth-order valence-corrected chi connectivity index (χ4v) is 5.13. The molecule has 172 valence electrons. The van der Waals surface area contributed by atoms with Gasteiger partial charge in [0.05, 0.1) is 31.3 Å². The van der Waals surface area contributed by atoms with Crippen LogP contribution in [0.1, 0.15) is 19.8 Å². The lowest BCUT2D eigenvalue weighted by Crippen LogP contribution is -2.57. The molecule has 0 bridgehead atoms. The van der Waals surface area contributed by atoms with Crippen molar-refractivity contribution in [2.75, 3.05) is 26.3 Å². The number of hydrogen-bond acceptors (Lipinski definition) is 9. The number of carboxylic acid groups (broad SMARTS) is 1. The van der Waals surface area contributed by atoms with E-state index in [-0.39, 0.29) is 38.9 Å². The summed E-state index contributed by atoms with van der Waals surface area (Å²) < 4.78 is 34.5. The SMILES string of the molecule is C[C@H](N)C(=O)N[C@@H]1COC[C@H]1NS(=O)(=O)N1C[C@H](CCCB(O)O)[C@](N)(C(=O)O)C1. The molecule has 5 atom stereocenters. The summed E-state index contributed by atoms with van der Waals surface area (Å²) in [7, 11) is -5.66. The van der Waals surface area contributed by atoms with Crippen molar-refractivity contribution in [3.63, 3.8) is 0 Å². The number of carboxylic acids is 1. The van der Waals surface area contributed by atoms with Gasteiger partial charge in [-0.3, -0.25) is 9.59 Å². The van der Waals surface area contributed by atoms with Crippen LogP contribution in [0.25, 0.3) is 0 Å². The van der Waals surface area contributed by atoms with Gasteiger partial charge >= 0.3 is 13.1 Å². The minimum atomic E-state index is -4.13. The molecular formula is C15H30BN5O8S. The van der Waals surface area contributed by atoms with E-state index >= 15 is 0 Å². The number of carbonyl (C=O) groups is 2. The van der Waals surface area contributed by atoms with Gasteiger partial charge in [0.25, 0.3) is 10.2 Å².